The molecular weight excluding hydrogens is 341 g/mol. The maximum atomic E-state index is 13.4. The number of hydrogen-bond acceptors (Lipinski definition) is 1. The van der Waals surface area contributed by atoms with E-state index in [1.807, 2.05) is 0 Å². The summed E-state index contributed by atoms with van der Waals surface area (Å²) in [6.45, 7) is 0. The molecule has 0 spiro atoms. The Labute approximate surface area is 132 Å². The summed E-state index contributed by atoms with van der Waals surface area (Å²) in [4.78, 5) is 11.6. The van der Waals surface area contributed by atoms with Crippen LogP contribution in [0.25, 0.3) is 6.08 Å². The number of benzene rings is 2. The molecule has 120 valence electrons. The van der Waals surface area contributed by atoms with Crippen LogP contribution in [0.5, 0.6) is 0 Å². The second-order valence-electron chi connectivity index (χ2n) is 4.32. The second kappa shape index (κ2) is 6.78. The zero-order chi connectivity index (χ0) is 17.1. The standard InChI is InChI=1S/C15H7ClF5NO/c16-8-4-1-7(2-5-8)3-6-9(23)22-15-13(20)11(18)10(17)12(19)14(15)21/h1-6H,(H,22,23)/b6-3+. The Morgan fingerprint density at radius 1 is 0.870 bits per heavy atom. The number of amides is 1. The van der Waals surface area contributed by atoms with Crippen molar-refractivity contribution in [1.82, 2.24) is 0 Å². The van der Waals surface area contributed by atoms with Crippen LogP contribution in [0.2, 0.25) is 5.02 Å². The minimum absolute atomic E-state index is 0.466. The third-order valence-corrected chi connectivity index (χ3v) is 3.01. The lowest BCUT2D eigenvalue weighted by Crippen LogP contribution is -2.14. The molecule has 2 aromatic rings. The summed E-state index contributed by atoms with van der Waals surface area (Å²) in [5.41, 5.74) is -0.867. The van der Waals surface area contributed by atoms with Gasteiger partial charge in [0.1, 0.15) is 5.69 Å². The number of hydrogen-bond donors (Lipinski definition) is 1. The van der Waals surface area contributed by atoms with E-state index in [-0.39, 0.29) is 0 Å². The summed E-state index contributed by atoms with van der Waals surface area (Å²) >= 11 is 5.67. The molecule has 0 atom stereocenters. The van der Waals surface area contributed by atoms with E-state index in [1.165, 1.54) is 6.08 Å². The van der Waals surface area contributed by atoms with Gasteiger partial charge in [-0.1, -0.05) is 23.7 Å². The van der Waals surface area contributed by atoms with E-state index in [0.717, 1.165) is 6.08 Å². The molecule has 0 radical (unpaired) electrons. The van der Waals surface area contributed by atoms with Gasteiger partial charge in [0.05, 0.1) is 0 Å². The van der Waals surface area contributed by atoms with Crippen LogP contribution in [0.4, 0.5) is 27.6 Å². The van der Waals surface area contributed by atoms with Gasteiger partial charge in [0, 0.05) is 11.1 Å². The first kappa shape index (κ1) is 17.0. The Kier molecular flexibility index (Phi) is 5.00. The molecule has 2 aromatic carbocycles. The largest absolute Gasteiger partial charge is 0.317 e. The maximum absolute atomic E-state index is 13.4. The van der Waals surface area contributed by atoms with Crippen LogP contribution in [-0.2, 0) is 4.79 Å². The van der Waals surface area contributed by atoms with Gasteiger partial charge >= 0.3 is 0 Å². The van der Waals surface area contributed by atoms with Gasteiger partial charge in [-0.2, -0.15) is 0 Å². The molecule has 2 nitrogen and oxygen atoms in total. The van der Waals surface area contributed by atoms with E-state index in [9.17, 15) is 26.7 Å². The van der Waals surface area contributed by atoms with Crippen molar-refractivity contribution in [3.8, 4) is 0 Å². The number of rotatable bonds is 3. The first-order valence-corrected chi connectivity index (χ1v) is 6.45. The van der Waals surface area contributed by atoms with E-state index >= 15 is 0 Å². The fourth-order valence-electron chi connectivity index (χ4n) is 1.63. The Hall–Kier alpha value is -2.41. The molecule has 0 unspecified atom stereocenters. The third-order valence-electron chi connectivity index (χ3n) is 2.76. The molecule has 1 amide bonds. The van der Waals surface area contributed by atoms with Crippen molar-refractivity contribution in [2.24, 2.45) is 0 Å². The molecule has 0 aliphatic heterocycles. The zero-order valence-electron chi connectivity index (χ0n) is 11.1. The SMILES string of the molecule is O=C(/C=C/c1ccc(Cl)cc1)Nc1c(F)c(F)c(F)c(F)c1F. The van der Waals surface area contributed by atoms with Gasteiger partial charge in [-0.25, -0.2) is 22.0 Å². The summed E-state index contributed by atoms with van der Waals surface area (Å²) < 4.78 is 65.7. The number of carbonyl (C=O) groups is 1. The highest BCUT2D eigenvalue weighted by Crippen LogP contribution is 2.27. The van der Waals surface area contributed by atoms with Crippen LogP contribution in [-0.4, -0.2) is 5.91 Å². The van der Waals surface area contributed by atoms with Crippen molar-refractivity contribution in [3.63, 3.8) is 0 Å². The molecule has 0 aliphatic rings. The smallest absolute Gasteiger partial charge is 0.248 e. The van der Waals surface area contributed by atoms with Crippen molar-refractivity contribution in [2.45, 2.75) is 0 Å². The maximum Gasteiger partial charge on any atom is 0.248 e. The fraction of sp³-hybridized carbons (Fsp3) is 0. The van der Waals surface area contributed by atoms with Crippen LogP contribution in [0, 0.1) is 29.1 Å². The van der Waals surface area contributed by atoms with Crippen molar-refractivity contribution in [1.29, 1.82) is 0 Å². The minimum Gasteiger partial charge on any atom is -0.317 e. The van der Waals surface area contributed by atoms with Crippen molar-refractivity contribution in [2.75, 3.05) is 5.32 Å². The number of carbonyl (C=O) groups excluding carboxylic acids is 1. The number of anilines is 1. The first-order chi connectivity index (χ1) is 10.8. The van der Waals surface area contributed by atoms with E-state index < -0.39 is 40.7 Å². The Bertz CT molecular complexity index is 760. The lowest BCUT2D eigenvalue weighted by molar-refractivity contribution is -0.111. The fourth-order valence-corrected chi connectivity index (χ4v) is 1.75. The molecular formula is C15H7ClF5NO. The van der Waals surface area contributed by atoms with Crippen molar-refractivity contribution in [3.05, 3.63) is 70.0 Å². The summed E-state index contributed by atoms with van der Waals surface area (Å²) in [7, 11) is 0. The summed E-state index contributed by atoms with van der Waals surface area (Å²) in [5, 5.41) is 2.09. The van der Waals surface area contributed by atoms with Crippen LogP contribution in [0.3, 0.4) is 0 Å². The normalized spacial score (nSPS) is 11.0. The molecule has 0 aliphatic carbocycles. The Morgan fingerprint density at radius 2 is 1.35 bits per heavy atom. The number of nitrogens with one attached hydrogen (secondary N) is 1. The Balaban J connectivity index is 2.22. The van der Waals surface area contributed by atoms with Gasteiger partial charge in [0.25, 0.3) is 0 Å². The van der Waals surface area contributed by atoms with Crippen LogP contribution >= 0.6 is 11.6 Å². The highest BCUT2D eigenvalue weighted by molar-refractivity contribution is 6.30. The van der Waals surface area contributed by atoms with Gasteiger partial charge in [-0.15, -0.1) is 0 Å². The molecule has 1 N–H and O–H groups in total. The molecule has 0 bridgehead atoms. The molecule has 0 aromatic heterocycles. The van der Waals surface area contributed by atoms with Crippen molar-refractivity contribution < 1.29 is 26.7 Å². The van der Waals surface area contributed by atoms with Crippen LogP contribution in [0.1, 0.15) is 5.56 Å². The molecule has 0 saturated carbocycles. The van der Waals surface area contributed by atoms with Gasteiger partial charge in [-0.3, -0.25) is 4.79 Å². The quantitative estimate of drug-likeness (QED) is 0.371. The molecule has 0 fully saturated rings. The summed E-state index contributed by atoms with van der Waals surface area (Å²) in [6, 6.07) is 6.21. The van der Waals surface area contributed by atoms with Crippen LogP contribution < -0.4 is 5.32 Å². The predicted molar refractivity (Wildman–Crippen MR) is 75.3 cm³/mol. The highest BCUT2D eigenvalue weighted by atomic mass is 35.5. The average molecular weight is 348 g/mol. The zero-order valence-corrected chi connectivity index (χ0v) is 11.9. The monoisotopic (exact) mass is 347 g/mol. The van der Waals surface area contributed by atoms with Crippen molar-refractivity contribution >= 4 is 29.3 Å². The van der Waals surface area contributed by atoms with E-state index in [1.54, 1.807) is 29.6 Å². The van der Waals surface area contributed by atoms with Crippen LogP contribution in [0.15, 0.2) is 30.3 Å². The molecule has 0 heterocycles. The van der Waals surface area contributed by atoms with Gasteiger partial charge < -0.3 is 5.32 Å². The van der Waals surface area contributed by atoms with Gasteiger partial charge in [0.2, 0.25) is 11.7 Å². The lowest BCUT2D eigenvalue weighted by Gasteiger charge is -2.08. The van der Waals surface area contributed by atoms with E-state index in [0.29, 0.717) is 10.6 Å². The van der Waals surface area contributed by atoms with E-state index in [2.05, 4.69) is 0 Å². The molecule has 2 rings (SSSR count). The predicted octanol–water partition coefficient (Wildman–Crippen LogP) is 4.69. The third kappa shape index (κ3) is 3.68. The molecule has 23 heavy (non-hydrogen) atoms. The number of halogens is 6. The minimum atomic E-state index is -2.30. The van der Waals surface area contributed by atoms with E-state index in [4.69, 9.17) is 11.6 Å². The lowest BCUT2D eigenvalue weighted by atomic mass is 10.2. The first-order valence-electron chi connectivity index (χ1n) is 6.07. The molecule has 0 saturated heterocycles. The topological polar surface area (TPSA) is 29.1 Å². The highest BCUT2D eigenvalue weighted by Gasteiger charge is 2.26. The van der Waals surface area contributed by atoms with Gasteiger partial charge in [0.15, 0.2) is 23.3 Å². The van der Waals surface area contributed by atoms with Gasteiger partial charge in [-0.05, 0) is 23.8 Å². The summed E-state index contributed by atoms with van der Waals surface area (Å²) in [5.74, 6) is -11.9. The summed E-state index contributed by atoms with van der Waals surface area (Å²) in [6.07, 6.45) is 2.15. The average Bonchev–Trinajstić information content (AvgIpc) is 2.54. The Morgan fingerprint density at radius 3 is 1.87 bits per heavy atom. The molecule has 8 heteroatoms. The second-order valence-corrected chi connectivity index (χ2v) is 4.76.